The van der Waals surface area contributed by atoms with Crippen molar-refractivity contribution < 1.29 is 4.79 Å². The molecule has 0 spiro atoms. The number of carbonyl (C=O) groups excluding carboxylic acids is 1. The summed E-state index contributed by atoms with van der Waals surface area (Å²) in [5.41, 5.74) is 5.19. The molecule has 0 aromatic heterocycles. The van der Waals surface area contributed by atoms with Crippen molar-refractivity contribution in [3.05, 3.63) is 65.2 Å². The Balaban J connectivity index is 1.41. The quantitative estimate of drug-likeness (QED) is 0.781. The molecule has 3 rings (SSSR count). The van der Waals surface area contributed by atoms with E-state index in [0.717, 1.165) is 37.9 Å². The molecule has 1 amide bonds. The number of nitrogens with one attached hydrogen (secondary N) is 1. The Hall–Kier alpha value is -2.29. The average Bonchev–Trinajstić information content (AvgIpc) is 2.95. The summed E-state index contributed by atoms with van der Waals surface area (Å²) >= 11 is 0. The predicted molar refractivity (Wildman–Crippen MR) is 104 cm³/mol. The second-order valence-corrected chi connectivity index (χ2v) is 6.93. The third-order valence-corrected chi connectivity index (χ3v) is 5.04. The van der Waals surface area contributed by atoms with Gasteiger partial charge in [-0.3, -0.25) is 4.79 Å². The molecule has 1 aliphatic heterocycles. The van der Waals surface area contributed by atoms with Gasteiger partial charge >= 0.3 is 0 Å². The van der Waals surface area contributed by atoms with Crippen LogP contribution in [0.2, 0.25) is 0 Å². The minimum absolute atomic E-state index is 0.110. The van der Waals surface area contributed by atoms with Crippen LogP contribution in [0.1, 0.15) is 37.0 Å². The fraction of sp³-hybridized carbons (Fsp3) is 0.409. The number of fused-ring (bicyclic) bond motifs is 1. The van der Waals surface area contributed by atoms with Crippen molar-refractivity contribution in [3.63, 3.8) is 0 Å². The Morgan fingerprint density at radius 1 is 1.12 bits per heavy atom. The van der Waals surface area contributed by atoms with E-state index in [1.54, 1.807) is 0 Å². The van der Waals surface area contributed by atoms with Gasteiger partial charge < -0.3 is 10.2 Å². The topological polar surface area (TPSA) is 32.3 Å². The van der Waals surface area contributed by atoms with Gasteiger partial charge in [0.1, 0.15) is 0 Å². The number of para-hydroxylation sites is 1. The van der Waals surface area contributed by atoms with Crippen molar-refractivity contribution in [3.8, 4) is 0 Å². The summed E-state index contributed by atoms with van der Waals surface area (Å²) in [7, 11) is 0. The smallest absolute Gasteiger partial charge is 0.224 e. The van der Waals surface area contributed by atoms with Crippen molar-refractivity contribution in [2.75, 3.05) is 18.0 Å². The molecule has 0 bridgehead atoms. The largest absolute Gasteiger partial charge is 0.368 e. The third kappa shape index (κ3) is 4.41. The lowest BCUT2D eigenvalue weighted by molar-refractivity contribution is -0.120. The van der Waals surface area contributed by atoms with Crippen molar-refractivity contribution in [1.82, 2.24) is 5.32 Å². The Labute approximate surface area is 151 Å². The van der Waals surface area contributed by atoms with Crippen molar-refractivity contribution in [2.24, 2.45) is 0 Å². The Morgan fingerprint density at radius 2 is 1.84 bits per heavy atom. The number of benzene rings is 2. The highest BCUT2D eigenvalue weighted by Crippen LogP contribution is 2.31. The number of aryl methyl sites for hydroxylation is 1. The van der Waals surface area contributed by atoms with Gasteiger partial charge in [0.2, 0.25) is 5.91 Å². The monoisotopic (exact) mass is 336 g/mol. The van der Waals surface area contributed by atoms with Crippen LogP contribution >= 0.6 is 0 Å². The number of amides is 1. The van der Waals surface area contributed by atoms with E-state index in [0.29, 0.717) is 12.5 Å². The summed E-state index contributed by atoms with van der Waals surface area (Å²) < 4.78 is 0. The molecule has 2 aromatic carbocycles. The molecule has 3 nitrogen and oxygen atoms in total. The lowest BCUT2D eigenvalue weighted by Crippen LogP contribution is -2.33. The van der Waals surface area contributed by atoms with Gasteiger partial charge in [-0.05, 0) is 48.9 Å². The molecular formula is C22H28N2O. The van der Waals surface area contributed by atoms with Crippen LogP contribution in [0.4, 0.5) is 5.69 Å². The maximum absolute atomic E-state index is 12.1. The second-order valence-electron chi connectivity index (χ2n) is 6.93. The molecular weight excluding hydrogens is 308 g/mol. The number of anilines is 1. The summed E-state index contributed by atoms with van der Waals surface area (Å²) in [6.45, 7) is 6.14. The molecule has 0 aliphatic carbocycles. The van der Waals surface area contributed by atoms with Crippen LogP contribution in [0.5, 0.6) is 0 Å². The van der Waals surface area contributed by atoms with Gasteiger partial charge in [0.25, 0.3) is 0 Å². The highest BCUT2D eigenvalue weighted by atomic mass is 16.1. The van der Waals surface area contributed by atoms with Gasteiger partial charge in [0, 0.05) is 24.8 Å². The van der Waals surface area contributed by atoms with Gasteiger partial charge in [0.15, 0.2) is 0 Å². The zero-order valence-corrected chi connectivity index (χ0v) is 15.3. The molecule has 1 heterocycles. The average molecular weight is 336 g/mol. The molecule has 1 N–H and O–H groups in total. The van der Waals surface area contributed by atoms with Crippen molar-refractivity contribution >= 4 is 11.6 Å². The summed E-state index contributed by atoms with van der Waals surface area (Å²) in [5.74, 6) is 0.110. The summed E-state index contributed by atoms with van der Waals surface area (Å²) in [5, 5.41) is 3.06. The number of carbonyl (C=O) groups is 1. The van der Waals surface area contributed by atoms with E-state index >= 15 is 0 Å². The molecule has 1 unspecified atom stereocenters. The highest BCUT2D eigenvalue weighted by molar-refractivity contribution is 5.78. The minimum atomic E-state index is 0.110. The molecule has 0 saturated carbocycles. The van der Waals surface area contributed by atoms with Gasteiger partial charge in [0.05, 0.1) is 6.42 Å². The number of hydrogen-bond donors (Lipinski definition) is 1. The Kier molecular flexibility index (Phi) is 5.75. The summed E-state index contributed by atoms with van der Waals surface area (Å²) in [6.07, 6.45) is 3.59. The normalized spacial score (nSPS) is 15.9. The van der Waals surface area contributed by atoms with Crippen LogP contribution < -0.4 is 10.2 Å². The molecule has 1 atom stereocenters. The first kappa shape index (κ1) is 17.5. The van der Waals surface area contributed by atoms with Gasteiger partial charge in [-0.2, -0.15) is 0 Å². The van der Waals surface area contributed by atoms with E-state index in [4.69, 9.17) is 0 Å². The van der Waals surface area contributed by atoms with Crippen molar-refractivity contribution in [1.29, 1.82) is 0 Å². The molecule has 25 heavy (non-hydrogen) atoms. The van der Waals surface area contributed by atoms with Crippen LogP contribution in [0.25, 0.3) is 0 Å². The van der Waals surface area contributed by atoms with E-state index in [2.05, 4.69) is 72.6 Å². The summed E-state index contributed by atoms with van der Waals surface area (Å²) in [4.78, 5) is 14.6. The molecule has 0 radical (unpaired) electrons. The van der Waals surface area contributed by atoms with Crippen LogP contribution in [-0.2, 0) is 24.1 Å². The molecule has 0 fully saturated rings. The number of hydrogen-bond acceptors (Lipinski definition) is 2. The fourth-order valence-corrected chi connectivity index (χ4v) is 3.59. The first-order valence-corrected chi connectivity index (χ1v) is 9.36. The van der Waals surface area contributed by atoms with E-state index in [9.17, 15) is 4.79 Å². The van der Waals surface area contributed by atoms with Crippen LogP contribution in [0.3, 0.4) is 0 Å². The fourth-order valence-electron chi connectivity index (χ4n) is 3.59. The van der Waals surface area contributed by atoms with Crippen LogP contribution in [0, 0.1) is 0 Å². The highest BCUT2D eigenvalue weighted by Gasteiger charge is 2.24. The zero-order chi connectivity index (χ0) is 17.6. The molecule has 3 heteroatoms. The van der Waals surface area contributed by atoms with E-state index in [-0.39, 0.29) is 5.91 Å². The first-order chi connectivity index (χ1) is 12.2. The summed E-state index contributed by atoms with van der Waals surface area (Å²) in [6, 6.07) is 17.5. The molecule has 1 aliphatic rings. The standard InChI is InChI=1S/C22H28N2O/c1-3-18-9-11-19(12-10-18)16-22(25)23-13-6-14-24-17(2)15-20-7-4-5-8-21(20)24/h4-5,7-12,17H,3,6,13-16H2,1-2H3,(H,23,25). The first-order valence-electron chi connectivity index (χ1n) is 9.36. The Bertz CT molecular complexity index is 708. The number of rotatable bonds is 7. The number of nitrogens with zero attached hydrogens (tertiary/aromatic N) is 1. The maximum atomic E-state index is 12.1. The second kappa shape index (κ2) is 8.19. The van der Waals surface area contributed by atoms with E-state index in [1.807, 2.05) is 0 Å². The Morgan fingerprint density at radius 3 is 2.60 bits per heavy atom. The zero-order valence-electron chi connectivity index (χ0n) is 15.3. The predicted octanol–water partition coefficient (Wildman–Crippen LogP) is 3.75. The van der Waals surface area contributed by atoms with Gasteiger partial charge in [-0.1, -0.05) is 49.4 Å². The minimum Gasteiger partial charge on any atom is -0.368 e. The molecule has 0 saturated heterocycles. The molecule has 132 valence electrons. The molecule has 2 aromatic rings. The van der Waals surface area contributed by atoms with E-state index in [1.165, 1.54) is 16.8 Å². The third-order valence-electron chi connectivity index (χ3n) is 5.04. The maximum Gasteiger partial charge on any atom is 0.224 e. The lowest BCUT2D eigenvalue weighted by atomic mass is 10.1. The van der Waals surface area contributed by atoms with Crippen molar-refractivity contribution in [2.45, 2.75) is 45.6 Å². The SMILES string of the molecule is CCc1ccc(CC(=O)NCCCN2c3ccccc3CC2C)cc1. The van der Waals surface area contributed by atoms with Gasteiger partial charge in [-0.25, -0.2) is 0 Å². The van der Waals surface area contributed by atoms with Gasteiger partial charge in [-0.15, -0.1) is 0 Å². The van der Waals surface area contributed by atoms with Crippen LogP contribution in [0.15, 0.2) is 48.5 Å². The lowest BCUT2D eigenvalue weighted by Gasteiger charge is -2.24. The van der Waals surface area contributed by atoms with Crippen LogP contribution in [-0.4, -0.2) is 25.0 Å². The van der Waals surface area contributed by atoms with E-state index < -0.39 is 0 Å².